The van der Waals surface area contributed by atoms with Crippen LogP contribution >= 0.6 is 12.2 Å². The second-order valence-corrected chi connectivity index (χ2v) is 5.06. The van der Waals surface area contributed by atoms with Gasteiger partial charge in [0.1, 0.15) is 0 Å². The van der Waals surface area contributed by atoms with Crippen LogP contribution in [0.3, 0.4) is 0 Å². The van der Waals surface area contributed by atoms with Crippen molar-refractivity contribution in [3.63, 3.8) is 0 Å². The number of thiocarbonyl (C=S) groups is 1. The lowest BCUT2D eigenvalue weighted by Gasteiger charge is -2.33. The summed E-state index contributed by atoms with van der Waals surface area (Å²) in [7, 11) is 0. The van der Waals surface area contributed by atoms with Crippen LogP contribution in [-0.2, 0) is 9.53 Å². The average Bonchev–Trinajstić information content (AvgIpc) is 2.81. The van der Waals surface area contributed by atoms with Crippen molar-refractivity contribution < 1.29 is 9.53 Å². The summed E-state index contributed by atoms with van der Waals surface area (Å²) in [5.41, 5.74) is 5.65. The first-order valence-electron chi connectivity index (χ1n) is 5.84. The van der Waals surface area contributed by atoms with Gasteiger partial charge in [0.2, 0.25) is 5.91 Å². The molecule has 2 rings (SSSR count). The molecule has 0 aromatic rings. The maximum absolute atomic E-state index is 12.1. The number of nitrogens with zero attached hydrogens (tertiary/aromatic N) is 1. The van der Waals surface area contributed by atoms with E-state index in [0.29, 0.717) is 24.7 Å². The second kappa shape index (κ2) is 5.10. The Hall–Kier alpha value is -0.680. The van der Waals surface area contributed by atoms with E-state index < -0.39 is 0 Å². The van der Waals surface area contributed by atoms with Gasteiger partial charge >= 0.3 is 0 Å². The molecule has 0 saturated carbocycles. The minimum absolute atomic E-state index is 0.0603. The molecule has 2 aliphatic rings. The molecule has 2 saturated heterocycles. The van der Waals surface area contributed by atoms with Crippen LogP contribution in [0.4, 0.5) is 0 Å². The van der Waals surface area contributed by atoms with Crippen LogP contribution in [0.15, 0.2) is 0 Å². The summed E-state index contributed by atoms with van der Waals surface area (Å²) in [5, 5.41) is 0. The minimum Gasteiger partial charge on any atom is -0.393 e. The standard InChI is InChI=1S/C11H18N2O2S/c12-10(16)8-2-1-4-13(6-8)11(14)9-3-5-15-7-9/h8-9H,1-7H2,(H2,12,16). The van der Waals surface area contributed by atoms with Gasteiger partial charge in [0, 0.05) is 25.6 Å². The summed E-state index contributed by atoms with van der Waals surface area (Å²) >= 11 is 5.00. The van der Waals surface area contributed by atoms with Crippen LogP contribution in [0.5, 0.6) is 0 Å². The van der Waals surface area contributed by atoms with E-state index >= 15 is 0 Å². The predicted octanol–water partition coefficient (Wildman–Crippen LogP) is 0.548. The fourth-order valence-corrected chi connectivity index (χ4v) is 2.59. The quantitative estimate of drug-likeness (QED) is 0.718. The van der Waals surface area contributed by atoms with E-state index in [1.54, 1.807) is 0 Å². The van der Waals surface area contributed by atoms with E-state index in [1.165, 1.54) is 0 Å². The Balaban J connectivity index is 1.93. The van der Waals surface area contributed by atoms with Gasteiger partial charge in [0.25, 0.3) is 0 Å². The van der Waals surface area contributed by atoms with Crippen LogP contribution in [0.2, 0.25) is 0 Å². The molecule has 4 nitrogen and oxygen atoms in total. The van der Waals surface area contributed by atoms with Gasteiger partial charge in [-0.1, -0.05) is 12.2 Å². The third kappa shape index (κ3) is 2.52. The highest BCUT2D eigenvalue weighted by atomic mass is 32.1. The molecule has 2 aliphatic heterocycles. The zero-order valence-corrected chi connectivity index (χ0v) is 10.2. The molecule has 2 N–H and O–H groups in total. The van der Waals surface area contributed by atoms with Gasteiger partial charge in [0.05, 0.1) is 17.5 Å². The fraction of sp³-hybridized carbons (Fsp3) is 0.818. The molecule has 0 aromatic carbocycles. The van der Waals surface area contributed by atoms with Crippen LogP contribution in [-0.4, -0.2) is 42.1 Å². The van der Waals surface area contributed by atoms with E-state index in [9.17, 15) is 4.79 Å². The molecule has 90 valence electrons. The number of ether oxygens (including phenoxy) is 1. The number of likely N-dealkylation sites (tertiary alicyclic amines) is 1. The highest BCUT2D eigenvalue weighted by Gasteiger charge is 2.31. The number of rotatable bonds is 2. The predicted molar refractivity (Wildman–Crippen MR) is 65.0 cm³/mol. The van der Waals surface area contributed by atoms with Gasteiger partial charge in [-0.05, 0) is 19.3 Å². The SMILES string of the molecule is NC(=S)C1CCCN(C(=O)C2CCOC2)C1. The highest BCUT2D eigenvalue weighted by molar-refractivity contribution is 7.80. The molecule has 16 heavy (non-hydrogen) atoms. The van der Waals surface area contributed by atoms with Crippen molar-refractivity contribution in [3.8, 4) is 0 Å². The topological polar surface area (TPSA) is 55.6 Å². The van der Waals surface area contributed by atoms with Gasteiger partial charge in [-0.15, -0.1) is 0 Å². The molecular formula is C11H18N2O2S. The number of amides is 1. The lowest BCUT2D eigenvalue weighted by molar-refractivity contribution is -0.136. The number of piperidine rings is 1. The molecule has 2 fully saturated rings. The smallest absolute Gasteiger partial charge is 0.228 e. The van der Waals surface area contributed by atoms with Gasteiger partial charge in [0.15, 0.2) is 0 Å². The fourth-order valence-electron chi connectivity index (χ4n) is 2.40. The van der Waals surface area contributed by atoms with Crippen LogP contribution in [0.25, 0.3) is 0 Å². The Kier molecular flexibility index (Phi) is 3.76. The number of hydrogen-bond acceptors (Lipinski definition) is 3. The van der Waals surface area contributed by atoms with Crippen LogP contribution in [0, 0.1) is 11.8 Å². The summed E-state index contributed by atoms with van der Waals surface area (Å²) in [5.74, 6) is 0.485. The third-order valence-electron chi connectivity index (χ3n) is 3.41. The summed E-state index contributed by atoms with van der Waals surface area (Å²) in [6.07, 6.45) is 2.87. The Morgan fingerprint density at radius 1 is 1.38 bits per heavy atom. The first-order valence-corrected chi connectivity index (χ1v) is 6.25. The second-order valence-electron chi connectivity index (χ2n) is 4.59. The zero-order valence-electron chi connectivity index (χ0n) is 9.35. The molecular weight excluding hydrogens is 224 g/mol. The van der Waals surface area contributed by atoms with E-state index in [2.05, 4.69) is 0 Å². The normalized spacial score (nSPS) is 30.4. The number of carbonyl (C=O) groups is 1. The van der Waals surface area contributed by atoms with Crippen molar-refractivity contribution in [1.82, 2.24) is 4.90 Å². The highest BCUT2D eigenvalue weighted by Crippen LogP contribution is 2.21. The molecule has 0 radical (unpaired) electrons. The summed E-state index contributed by atoms with van der Waals surface area (Å²) in [6, 6.07) is 0. The molecule has 2 unspecified atom stereocenters. The molecule has 0 bridgehead atoms. The van der Waals surface area contributed by atoms with E-state index in [-0.39, 0.29) is 17.7 Å². The third-order valence-corrected chi connectivity index (χ3v) is 3.75. The number of hydrogen-bond donors (Lipinski definition) is 1. The van der Waals surface area contributed by atoms with E-state index in [0.717, 1.165) is 25.8 Å². The molecule has 1 amide bonds. The summed E-state index contributed by atoms with van der Waals surface area (Å²) in [4.78, 5) is 14.6. The zero-order chi connectivity index (χ0) is 11.5. The Labute approximate surface area is 101 Å². The first-order chi connectivity index (χ1) is 7.68. The van der Waals surface area contributed by atoms with Crippen LogP contribution in [0.1, 0.15) is 19.3 Å². The van der Waals surface area contributed by atoms with Crippen molar-refractivity contribution in [2.24, 2.45) is 17.6 Å². The minimum atomic E-state index is 0.0603. The van der Waals surface area contributed by atoms with Gasteiger partial charge < -0.3 is 15.4 Å². The largest absolute Gasteiger partial charge is 0.393 e. The van der Waals surface area contributed by atoms with Gasteiger partial charge in [-0.2, -0.15) is 0 Å². The maximum Gasteiger partial charge on any atom is 0.228 e. The van der Waals surface area contributed by atoms with E-state index in [4.69, 9.17) is 22.7 Å². The Bertz CT molecular complexity index is 290. The molecule has 2 heterocycles. The monoisotopic (exact) mass is 242 g/mol. The van der Waals surface area contributed by atoms with Crippen LogP contribution < -0.4 is 5.73 Å². The van der Waals surface area contributed by atoms with Crippen molar-refractivity contribution in [3.05, 3.63) is 0 Å². The molecule has 5 heteroatoms. The first kappa shape index (κ1) is 11.8. The van der Waals surface area contributed by atoms with Crippen molar-refractivity contribution in [1.29, 1.82) is 0 Å². The molecule has 0 aliphatic carbocycles. The lowest BCUT2D eigenvalue weighted by Crippen LogP contribution is -2.46. The molecule has 0 spiro atoms. The maximum atomic E-state index is 12.1. The van der Waals surface area contributed by atoms with Crippen molar-refractivity contribution in [2.45, 2.75) is 19.3 Å². The van der Waals surface area contributed by atoms with E-state index in [1.807, 2.05) is 4.90 Å². The number of nitrogens with two attached hydrogens (primary N) is 1. The lowest BCUT2D eigenvalue weighted by atomic mass is 9.96. The Morgan fingerprint density at radius 3 is 2.81 bits per heavy atom. The summed E-state index contributed by atoms with van der Waals surface area (Å²) < 4.78 is 5.25. The van der Waals surface area contributed by atoms with Crippen molar-refractivity contribution >= 4 is 23.1 Å². The van der Waals surface area contributed by atoms with Gasteiger partial charge in [-0.3, -0.25) is 4.79 Å². The van der Waals surface area contributed by atoms with Crippen molar-refractivity contribution in [2.75, 3.05) is 26.3 Å². The molecule has 2 atom stereocenters. The molecule has 0 aromatic heterocycles. The Morgan fingerprint density at radius 2 is 2.19 bits per heavy atom. The average molecular weight is 242 g/mol. The summed E-state index contributed by atoms with van der Waals surface area (Å²) in [6.45, 7) is 2.83. The number of carbonyl (C=O) groups excluding carboxylic acids is 1. The van der Waals surface area contributed by atoms with Gasteiger partial charge in [-0.25, -0.2) is 0 Å².